The van der Waals surface area contributed by atoms with Crippen molar-refractivity contribution < 1.29 is 4.74 Å². The van der Waals surface area contributed by atoms with Gasteiger partial charge in [0.2, 0.25) is 5.95 Å². The number of ether oxygens (including phenoxy) is 1. The molecule has 146 valence electrons. The van der Waals surface area contributed by atoms with Crippen LogP contribution in [-0.4, -0.2) is 44.2 Å². The van der Waals surface area contributed by atoms with Crippen molar-refractivity contribution >= 4 is 5.95 Å². The van der Waals surface area contributed by atoms with E-state index >= 15 is 0 Å². The Kier molecular flexibility index (Phi) is 4.19. The molecule has 0 atom stereocenters. The van der Waals surface area contributed by atoms with Crippen LogP contribution in [0.1, 0.15) is 36.8 Å². The monoisotopic (exact) mass is 378 g/mol. The summed E-state index contributed by atoms with van der Waals surface area (Å²) in [5, 5.41) is 9.47. The third kappa shape index (κ3) is 2.81. The molecule has 1 spiro atoms. The first-order chi connectivity index (χ1) is 13.7. The molecule has 0 N–H and O–H groups in total. The number of aryl methyl sites for hydroxylation is 2. The number of nitrogens with zero attached hydrogens (tertiary/aromatic N) is 6. The molecule has 7 heteroatoms. The smallest absolute Gasteiger partial charge is 0.224 e. The molecule has 2 aliphatic rings. The molecular formula is C21H26N6O. The number of benzene rings is 1. The normalized spacial score (nSPS) is 18.4. The van der Waals surface area contributed by atoms with E-state index in [-0.39, 0.29) is 5.60 Å². The molecule has 1 saturated heterocycles. The van der Waals surface area contributed by atoms with Gasteiger partial charge in [0, 0.05) is 25.8 Å². The molecule has 0 radical (unpaired) electrons. The molecule has 1 fully saturated rings. The Bertz CT molecular complexity index is 968. The van der Waals surface area contributed by atoms with Crippen LogP contribution < -0.4 is 4.90 Å². The van der Waals surface area contributed by atoms with Gasteiger partial charge < -0.3 is 9.64 Å². The van der Waals surface area contributed by atoms with Crippen LogP contribution in [0.3, 0.4) is 0 Å². The van der Waals surface area contributed by atoms with Crippen LogP contribution in [0, 0.1) is 6.92 Å². The minimum Gasteiger partial charge on any atom is -0.368 e. The number of hydrogen-bond donors (Lipinski definition) is 0. The van der Waals surface area contributed by atoms with Crippen LogP contribution in [0.4, 0.5) is 5.95 Å². The summed E-state index contributed by atoms with van der Waals surface area (Å²) in [6.45, 7) is 7.45. The first-order valence-corrected chi connectivity index (χ1v) is 10.1. The number of para-hydroxylation sites is 1. The average Bonchev–Trinajstić information content (AvgIpc) is 3.34. The summed E-state index contributed by atoms with van der Waals surface area (Å²) in [7, 11) is 0. The molecule has 1 aromatic carbocycles. The fraction of sp³-hybridized carbons (Fsp3) is 0.476. The van der Waals surface area contributed by atoms with Crippen LogP contribution in [0.5, 0.6) is 0 Å². The van der Waals surface area contributed by atoms with Crippen molar-refractivity contribution in [3.05, 3.63) is 53.6 Å². The standard InChI is InChI=1S/C21H26N6O/c1-3-26-20(22-16(2)23-26)25-12-10-21(11-13-25)19-17(9-14-28-21)15-27(24-19)18-7-5-4-6-8-18/h4-8,15H,3,9-14H2,1-2H3. The summed E-state index contributed by atoms with van der Waals surface area (Å²) < 4.78 is 10.4. The molecule has 28 heavy (non-hydrogen) atoms. The third-order valence-electron chi connectivity index (χ3n) is 5.90. The maximum absolute atomic E-state index is 6.38. The second-order valence-electron chi connectivity index (χ2n) is 7.64. The third-order valence-corrected chi connectivity index (χ3v) is 5.90. The number of anilines is 1. The highest BCUT2D eigenvalue weighted by atomic mass is 16.5. The van der Waals surface area contributed by atoms with Crippen molar-refractivity contribution in [2.75, 3.05) is 24.6 Å². The van der Waals surface area contributed by atoms with E-state index in [0.29, 0.717) is 0 Å². The Labute approximate surface area is 164 Å². The second-order valence-corrected chi connectivity index (χ2v) is 7.64. The van der Waals surface area contributed by atoms with Gasteiger partial charge >= 0.3 is 0 Å². The van der Waals surface area contributed by atoms with Gasteiger partial charge in [0.1, 0.15) is 11.4 Å². The summed E-state index contributed by atoms with van der Waals surface area (Å²) in [6.07, 6.45) is 4.94. The fourth-order valence-corrected chi connectivity index (χ4v) is 4.45. The number of piperidine rings is 1. The molecule has 0 amide bonds. The van der Waals surface area contributed by atoms with Crippen LogP contribution in [0.2, 0.25) is 0 Å². The lowest BCUT2D eigenvalue weighted by atomic mass is 9.84. The van der Waals surface area contributed by atoms with E-state index in [1.165, 1.54) is 5.56 Å². The predicted octanol–water partition coefficient (Wildman–Crippen LogP) is 2.86. The van der Waals surface area contributed by atoms with Crippen molar-refractivity contribution in [1.82, 2.24) is 24.5 Å². The van der Waals surface area contributed by atoms with Gasteiger partial charge in [0.05, 0.1) is 18.0 Å². The van der Waals surface area contributed by atoms with Crippen molar-refractivity contribution in [3.63, 3.8) is 0 Å². The SMILES string of the molecule is CCn1nc(C)nc1N1CCC2(CC1)OCCc1cn(-c3ccccc3)nc12. The topological polar surface area (TPSA) is 61.0 Å². The Hall–Kier alpha value is -2.67. The predicted molar refractivity (Wildman–Crippen MR) is 107 cm³/mol. The minimum atomic E-state index is -0.282. The Morgan fingerprint density at radius 2 is 1.89 bits per heavy atom. The highest BCUT2D eigenvalue weighted by molar-refractivity contribution is 5.38. The zero-order chi connectivity index (χ0) is 19.1. The maximum atomic E-state index is 6.38. The molecule has 2 aliphatic heterocycles. The number of rotatable bonds is 3. The van der Waals surface area contributed by atoms with E-state index in [0.717, 1.165) is 68.7 Å². The summed E-state index contributed by atoms with van der Waals surface area (Å²) in [4.78, 5) is 6.98. The molecule has 4 heterocycles. The van der Waals surface area contributed by atoms with Crippen molar-refractivity contribution in [3.8, 4) is 5.69 Å². The molecule has 3 aromatic rings. The zero-order valence-electron chi connectivity index (χ0n) is 16.5. The molecule has 5 rings (SSSR count). The zero-order valence-corrected chi connectivity index (χ0v) is 16.5. The highest BCUT2D eigenvalue weighted by Crippen LogP contribution is 2.41. The lowest BCUT2D eigenvalue weighted by Crippen LogP contribution is -2.47. The van der Waals surface area contributed by atoms with Crippen LogP contribution >= 0.6 is 0 Å². The van der Waals surface area contributed by atoms with Gasteiger partial charge in [-0.05, 0) is 50.8 Å². The first kappa shape index (κ1) is 17.4. The molecule has 7 nitrogen and oxygen atoms in total. The molecule has 0 saturated carbocycles. The lowest BCUT2D eigenvalue weighted by molar-refractivity contribution is -0.0798. The summed E-state index contributed by atoms with van der Waals surface area (Å²) in [5.74, 6) is 1.80. The summed E-state index contributed by atoms with van der Waals surface area (Å²) in [6, 6.07) is 10.3. The van der Waals surface area contributed by atoms with Gasteiger partial charge in [0.25, 0.3) is 0 Å². The number of hydrogen-bond acceptors (Lipinski definition) is 5. The van der Waals surface area contributed by atoms with Gasteiger partial charge in [-0.15, -0.1) is 0 Å². The van der Waals surface area contributed by atoms with E-state index in [1.807, 2.05) is 34.5 Å². The van der Waals surface area contributed by atoms with Gasteiger partial charge in [0.15, 0.2) is 0 Å². The molecule has 0 bridgehead atoms. The van der Waals surface area contributed by atoms with Gasteiger partial charge in [-0.3, -0.25) is 0 Å². The van der Waals surface area contributed by atoms with Gasteiger partial charge in [-0.25, -0.2) is 9.36 Å². The quantitative estimate of drug-likeness (QED) is 0.701. The van der Waals surface area contributed by atoms with E-state index in [2.05, 4.69) is 40.2 Å². The van der Waals surface area contributed by atoms with Gasteiger partial charge in [-0.1, -0.05) is 18.2 Å². The fourth-order valence-electron chi connectivity index (χ4n) is 4.45. The average molecular weight is 378 g/mol. The van der Waals surface area contributed by atoms with Crippen molar-refractivity contribution in [1.29, 1.82) is 0 Å². The molecule has 0 unspecified atom stereocenters. The Balaban J connectivity index is 1.42. The second kappa shape index (κ2) is 6.74. The number of fused-ring (bicyclic) bond motifs is 2. The number of aromatic nitrogens is 5. The van der Waals surface area contributed by atoms with Gasteiger partial charge in [-0.2, -0.15) is 15.2 Å². The highest BCUT2D eigenvalue weighted by Gasteiger charge is 2.44. The van der Waals surface area contributed by atoms with E-state index in [1.54, 1.807) is 0 Å². The Morgan fingerprint density at radius 3 is 2.64 bits per heavy atom. The van der Waals surface area contributed by atoms with E-state index in [9.17, 15) is 0 Å². The minimum absolute atomic E-state index is 0.282. The van der Waals surface area contributed by atoms with Crippen molar-refractivity contribution in [2.24, 2.45) is 0 Å². The summed E-state index contributed by atoms with van der Waals surface area (Å²) >= 11 is 0. The van der Waals surface area contributed by atoms with Crippen LogP contribution in [-0.2, 0) is 23.3 Å². The first-order valence-electron chi connectivity index (χ1n) is 10.1. The molecule has 0 aliphatic carbocycles. The van der Waals surface area contributed by atoms with Crippen molar-refractivity contribution in [2.45, 2.75) is 45.3 Å². The van der Waals surface area contributed by atoms with E-state index in [4.69, 9.17) is 9.84 Å². The van der Waals surface area contributed by atoms with Crippen LogP contribution in [0.25, 0.3) is 5.69 Å². The largest absolute Gasteiger partial charge is 0.368 e. The maximum Gasteiger partial charge on any atom is 0.224 e. The summed E-state index contributed by atoms with van der Waals surface area (Å²) in [5.41, 5.74) is 3.25. The molecule has 2 aromatic heterocycles. The van der Waals surface area contributed by atoms with Crippen LogP contribution in [0.15, 0.2) is 36.5 Å². The Morgan fingerprint density at radius 1 is 1.11 bits per heavy atom. The van der Waals surface area contributed by atoms with E-state index < -0.39 is 0 Å². The molecular weight excluding hydrogens is 352 g/mol. The lowest BCUT2D eigenvalue weighted by Gasteiger charge is -2.43.